The maximum absolute atomic E-state index is 5.21. The summed E-state index contributed by atoms with van der Waals surface area (Å²) in [6.45, 7) is 0. The van der Waals surface area contributed by atoms with Crippen LogP contribution in [0.1, 0.15) is 22.3 Å². The first-order valence-corrected chi connectivity index (χ1v) is 21.6. The SMILES string of the molecule is c1cc(-c2ccc(-c3cccc4c3-c3ccccc3C43c4ccccc4-c4ccccc43)cc2)cc(-c2nc(-c3cccc4ccccc34)nc(-c3cccc4ccccc34)n2)c1. The van der Waals surface area contributed by atoms with E-state index in [2.05, 4.69) is 224 Å². The molecule has 3 nitrogen and oxygen atoms in total. The zero-order chi connectivity index (χ0) is 41.5. The maximum atomic E-state index is 5.21. The quantitative estimate of drug-likeness (QED) is 0.174. The molecule has 0 bridgehead atoms. The molecule has 10 aromatic carbocycles. The molecule has 0 N–H and O–H groups in total. The zero-order valence-electron chi connectivity index (χ0n) is 34.2. The van der Waals surface area contributed by atoms with Crippen LogP contribution in [0, 0.1) is 0 Å². The Hall–Kier alpha value is -8.27. The van der Waals surface area contributed by atoms with Crippen LogP contribution in [0.5, 0.6) is 0 Å². The highest BCUT2D eigenvalue weighted by molar-refractivity contribution is 6.01. The maximum Gasteiger partial charge on any atom is 0.164 e. The van der Waals surface area contributed by atoms with E-state index in [9.17, 15) is 0 Å². The van der Waals surface area contributed by atoms with Crippen LogP contribution in [0.3, 0.4) is 0 Å². The van der Waals surface area contributed by atoms with Crippen molar-refractivity contribution in [1.82, 2.24) is 15.0 Å². The predicted octanol–water partition coefficient (Wildman–Crippen LogP) is 14.9. The number of nitrogens with zero attached hydrogens (tertiary/aromatic N) is 3. The lowest BCUT2D eigenvalue weighted by atomic mass is 9.70. The first kappa shape index (κ1) is 35.5. The van der Waals surface area contributed by atoms with Crippen molar-refractivity contribution in [2.75, 3.05) is 0 Å². The first-order valence-electron chi connectivity index (χ1n) is 21.6. The highest BCUT2D eigenvalue weighted by atomic mass is 15.0. The number of rotatable bonds is 5. The van der Waals surface area contributed by atoms with Crippen molar-refractivity contribution >= 4 is 21.5 Å². The van der Waals surface area contributed by atoms with Gasteiger partial charge < -0.3 is 0 Å². The van der Waals surface area contributed by atoms with Crippen LogP contribution >= 0.6 is 0 Å². The summed E-state index contributed by atoms with van der Waals surface area (Å²) in [5.74, 6) is 1.94. The molecule has 0 atom stereocenters. The number of hydrogen-bond donors (Lipinski definition) is 0. The molecule has 0 unspecified atom stereocenters. The molecule has 63 heavy (non-hydrogen) atoms. The average Bonchev–Trinajstić information content (AvgIpc) is 3.84. The highest BCUT2D eigenvalue weighted by Crippen LogP contribution is 2.63. The topological polar surface area (TPSA) is 38.7 Å². The molecule has 1 heterocycles. The van der Waals surface area contributed by atoms with E-state index in [-0.39, 0.29) is 5.41 Å². The van der Waals surface area contributed by atoms with Crippen molar-refractivity contribution in [3.05, 3.63) is 247 Å². The Balaban J connectivity index is 0.922. The van der Waals surface area contributed by atoms with E-state index in [1.165, 1.54) is 55.6 Å². The van der Waals surface area contributed by atoms with Crippen molar-refractivity contribution in [3.63, 3.8) is 0 Å². The molecule has 0 fully saturated rings. The second-order valence-corrected chi connectivity index (χ2v) is 16.6. The van der Waals surface area contributed by atoms with Gasteiger partial charge in [-0.15, -0.1) is 0 Å². The van der Waals surface area contributed by atoms with E-state index in [0.717, 1.165) is 49.4 Å². The summed E-state index contributed by atoms with van der Waals surface area (Å²) in [6, 6.07) is 81.0. The third-order valence-corrected chi connectivity index (χ3v) is 13.4. The smallest absolute Gasteiger partial charge is 0.164 e. The Bertz CT molecular complexity index is 3490. The van der Waals surface area contributed by atoms with Gasteiger partial charge >= 0.3 is 0 Å². The van der Waals surface area contributed by atoms with Crippen LogP contribution in [0.15, 0.2) is 224 Å². The molecule has 13 rings (SSSR count). The van der Waals surface area contributed by atoms with Gasteiger partial charge in [0.05, 0.1) is 5.41 Å². The van der Waals surface area contributed by atoms with Gasteiger partial charge in [-0.3, -0.25) is 0 Å². The minimum absolute atomic E-state index is 0.370. The number of benzene rings is 10. The molecule has 0 saturated carbocycles. The van der Waals surface area contributed by atoms with Crippen LogP contribution in [0.2, 0.25) is 0 Å². The molecule has 292 valence electrons. The third-order valence-electron chi connectivity index (χ3n) is 13.4. The molecular weight excluding hydrogens is 763 g/mol. The average molecular weight is 800 g/mol. The van der Waals surface area contributed by atoms with Crippen molar-refractivity contribution < 1.29 is 0 Å². The molecule has 2 aliphatic rings. The van der Waals surface area contributed by atoms with Crippen molar-refractivity contribution in [3.8, 4) is 78.7 Å². The van der Waals surface area contributed by atoms with E-state index in [1.54, 1.807) is 0 Å². The van der Waals surface area contributed by atoms with Crippen LogP contribution in [0.25, 0.3) is 100 Å². The van der Waals surface area contributed by atoms with Gasteiger partial charge in [-0.05, 0) is 94.4 Å². The number of fused-ring (bicyclic) bond motifs is 12. The van der Waals surface area contributed by atoms with E-state index in [4.69, 9.17) is 15.0 Å². The normalized spacial score (nSPS) is 12.9. The van der Waals surface area contributed by atoms with Crippen molar-refractivity contribution in [1.29, 1.82) is 0 Å². The molecule has 0 radical (unpaired) electrons. The van der Waals surface area contributed by atoms with Crippen LogP contribution in [-0.2, 0) is 5.41 Å². The number of hydrogen-bond acceptors (Lipinski definition) is 3. The van der Waals surface area contributed by atoms with Gasteiger partial charge in [0, 0.05) is 16.7 Å². The highest BCUT2D eigenvalue weighted by Gasteiger charge is 2.51. The second kappa shape index (κ2) is 13.9. The second-order valence-electron chi connectivity index (χ2n) is 16.6. The lowest BCUT2D eigenvalue weighted by molar-refractivity contribution is 0.794. The van der Waals surface area contributed by atoms with Crippen LogP contribution in [0.4, 0.5) is 0 Å². The molecule has 0 saturated heterocycles. The first-order chi connectivity index (χ1) is 31.2. The van der Waals surface area contributed by atoms with E-state index < -0.39 is 0 Å². The Morgan fingerprint density at radius 3 is 1.30 bits per heavy atom. The molecule has 1 spiro atoms. The van der Waals surface area contributed by atoms with Gasteiger partial charge in [0.2, 0.25) is 0 Å². The molecule has 11 aromatic rings. The van der Waals surface area contributed by atoms with Gasteiger partial charge in [-0.1, -0.05) is 218 Å². The summed E-state index contributed by atoms with van der Waals surface area (Å²) < 4.78 is 0. The van der Waals surface area contributed by atoms with Gasteiger partial charge in [0.25, 0.3) is 0 Å². The van der Waals surface area contributed by atoms with Gasteiger partial charge in [-0.2, -0.15) is 0 Å². The Morgan fingerprint density at radius 2 is 0.667 bits per heavy atom. The fourth-order valence-corrected chi connectivity index (χ4v) is 10.7. The Kier molecular flexibility index (Phi) is 7.82. The molecule has 1 aromatic heterocycles. The minimum Gasteiger partial charge on any atom is -0.208 e. The van der Waals surface area contributed by atoms with Crippen molar-refractivity contribution in [2.45, 2.75) is 5.41 Å². The fourth-order valence-electron chi connectivity index (χ4n) is 10.7. The summed E-state index contributed by atoms with van der Waals surface area (Å²) in [4.78, 5) is 15.6. The lowest BCUT2D eigenvalue weighted by Gasteiger charge is -2.30. The lowest BCUT2D eigenvalue weighted by Crippen LogP contribution is -2.25. The van der Waals surface area contributed by atoms with E-state index in [0.29, 0.717) is 17.5 Å². The van der Waals surface area contributed by atoms with Gasteiger partial charge in [-0.25, -0.2) is 15.0 Å². The molecular formula is C60H37N3. The van der Waals surface area contributed by atoms with Gasteiger partial charge in [0.1, 0.15) is 0 Å². The summed E-state index contributed by atoms with van der Waals surface area (Å²) >= 11 is 0. The molecule has 0 aliphatic heterocycles. The van der Waals surface area contributed by atoms with Crippen LogP contribution < -0.4 is 0 Å². The summed E-state index contributed by atoms with van der Waals surface area (Å²) in [5, 5.41) is 4.51. The zero-order valence-corrected chi connectivity index (χ0v) is 34.2. The summed E-state index contributed by atoms with van der Waals surface area (Å²) in [6.07, 6.45) is 0. The Labute approximate surface area is 365 Å². The molecule has 0 amide bonds. The van der Waals surface area contributed by atoms with E-state index in [1.807, 2.05) is 0 Å². The minimum atomic E-state index is -0.370. The predicted molar refractivity (Wildman–Crippen MR) is 258 cm³/mol. The fraction of sp³-hybridized carbons (Fsp3) is 0.0167. The van der Waals surface area contributed by atoms with Gasteiger partial charge in [0.15, 0.2) is 17.5 Å². The molecule has 3 heteroatoms. The standard InChI is InChI=1S/C60H37N3/c1-3-21-44-39(15-1)17-12-27-49(44)58-61-57(62-59(63-58)50-28-13-18-40-16-2-4-22-45(40)50)43-20-11-19-42(37-43)38-33-35-41(36-34-38)46-26-14-32-55-56(46)51-25-7-10-31-54(51)60(55)52-29-8-5-23-47(52)48-24-6-9-30-53(48)60/h1-37H. The third kappa shape index (κ3) is 5.30. The molecule has 2 aliphatic carbocycles. The van der Waals surface area contributed by atoms with Crippen molar-refractivity contribution in [2.24, 2.45) is 0 Å². The largest absolute Gasteiger partial charge is 0.208 e. The Morgan fingerprint density at radius 1 is 0.254 bits per heavy atom. The monoisotopic (exact) mass is 799 g/mol. The summed E-state index contributed by atoms with van der Waals surface area (Å²) in [5.41, 5.74) is 17.8. The van der Waals surface area contributed by atoms with E-state index >= 15 is 0 Å². The number of aromatic nitrogens is 3. The summed E-state index contributed by atoms with van der Waals surface area (Å²) in [7, 11) is 0. The van der Waals surface area contributed by atoms with Crippen LogP contribution in [-0.4, -0.2) is 15.0 Å².